The maximum Gasteiger partial charge on any atom is 0.497 e. The van der Waals surface area contributed by atoms with E-state index in [2.05, 4.69) is 57.5 Å². The molecule has 2 aromatic heterocycles. The lowest BCUT2D eigenvalue weighted by Crippen LogP contribution is -2.50. The molecular weight excluding hydrogens is 1150 g/mol. The summed E-state index contributed by atoms with van der Waals surface area (Å²) in [5.41, 5.74) is 0.270. The van der Waals surface area contributed by atoms with Crippen molar-refractivity contribution in [1.82, 2.24) is 0 Å². The third-order valence-corrected chi connectivity index (χ3v) is 19.2. The van der Waals surface area contributed by atoms with E-state index in [1.807, 2.05) is 27.7 Å². The van der Waals surface area contributed by atoms with E-state index in [1.165, 1.54) is 89.0 Å². The van der Waals surface area contributed by atoms with E-state index in [0.29, 0.717) is 43.1 Å². The number of nitrogens with zero attached hydrogens (tertiary/aromatic N) is 2. The van der Waals surface area contributed by atoms with Crippen LogP contribution in [-0.4, -0.2) is 124 Å². The molecular formula is C54H64B3BrF2N2O16S2. The highest BCUT2D eigenvalue weighted by molar-refractivity contribution is 9.10. The van der Waals surface area contributed by atoms with Crippen LogP contribution in [0.4, 0.5) is 20.2 Å². The third-order valence-electron chi connectivity index (χ3n) is 16.2. The van der Waals surface area contributed by atoms with Crippen LogP contribution >= 0.6 is 15.9 Å². The first kappa shape index (κ1) is 60.8. The maximum absolute atomic E-state index is 13.5. The SMILES string of the molecule is CC1(C)OB2OC1(C)CCC1(C)OB2OC1(C)C.COC(=O)c1c(-c2ccc(F)cc2)oc2cc(N(C)S(C)(=O)=O)c(B3OC(C)(C)C(C)(C)O3)cc12.COC(=O)c1c(-c2ccc(F)cc2)oc2cc(N(C)S(C)(=O)=O)c(Br)cc12. The Kier molecular flexibility index (Phi) is 16.1. The summed E-state index contributed by atoms with van der Waals surface area (Å²) in [5, 5.41) is 0.824. The summed E-state index contributed by atoms with van der Waals surface area (Å²) >= 11 is 3.34. The van der Waals surface area contributed by atoms with Gasteiger partial charge in [-0.2, -0.15) is 0 Å². The highest BCUT2D eigenvalue weighted by Crippen LogP contribution is 2.51. The van der Waals surface area contributed by atoms with Gasteiger partial charge in [0.25, 0.3) is 0 Å². The fraction of sp³-hybridized carbons (Fsp3) is 0.444. The molecule has 4 aliphatic heterocycles. The van der Waals surface area contributed by atoms with Gasteiger partial charge in [-0.05, 0) is 159 Å². The molecule has 80 heavy (non-hydrogen) atoms. The van der Waals surface area contributed by atoms with Gasteiger partial charge in [-0.15, -0.1) is 0 Å². The number of furan rings is 2. The molecule has 428 valence electrons. The number of hydrogen-bond acceptors (Lipinski definition) is 16. The van der Waals surface area contributed by atoms with Crippen LogP contribution in [0, 0.1) is 11.6 Å². The molecule has 6 aromatic rings. The fourth-order valence-electron chi connectivity index (χ4n) is 9.60. The van der Waals surface area contributed by atoms with Crippen molar-refractivity contribution in [1.29, 1.82) is 0 Å². The lowest BCUT2D eigenvalue weighted by Gasteiger charge is -2.42. The van der Waals surface area contributed by atoms with Crippen molar-refractivity contribution in [2.75, 3.05) is 49.4 Å². The summed E-state index contributed by atoms with van der Waals surface area (Å²) in [4.78, 5) is 25.2. The second-order valence-corrected chi connectivity index (χ2v) is 27.4. The minimum atomic E-state index is -3.67. The molecule has 26 heteroatoms. The molecule has 10 rings (SSSR count). The Bertz CT molecular complexity index is 3580. The van der Waals surface area contributed by atoms with E-state index in [1.54, 1.807) is 12.1 Å². The van der Waals surface area contributed by atoms with E-state index in [9.17, 15) is 35.2 Å². The van der Waals surface area contributed by atoms with Gasteiger partial charge in [0.2, 0.25) is 20.0 Å². The van der Waals surface area contributed by atoms with Crippen molar-refractivity contribution in [3.8, 4) is 22.6 Å². The van der Waals surface area contributed by atoms with Gasteiger partial charge < -0.3 is 46.2 Å². The van der Waals surface area contributed by atoms with Gasteiger partial charge in [-0.1, -0.05) is 0 Å². The minimum absolute atomic E-state index is 0.125. The molecule has 0 amide bonds. The topological polar surface area (TPSA) is 209 Å². The molecule has 0 spiro atoms. The number of rotatable bonds is 9. The Balaban J connectivity index is 0.000000166. The Hall–Kier alpha value is -5.31. The van der Waals surface area contributed by atoms with Crippen LogP contribution in [0.1, 0.15) is 103 Å². The Labute approximate surface area is 474 Å². The maximum atomic E-state index is 13.5. The predicted molar refractivity (Wildman–Crippen MR) is 306 cm³/mol. The molecule has 4 aliphatic rings. The van der Waals surface area contributed by atoms with Crippen LogP contribution < -0.4 is 14.1 Å². The largest absolute Gasteiger partial charge is 0.497 e. The number of hydrogen-bond donors (Lipinski definition) is 0. The molecule has 2 unspecified atom stereocenters. The molecule has 2 atom stereocenters. The molecule has 4 saturated heterocycles. The first-order chi connectivity index (χ1) is 36.9. The number of fused-ring (bicyclic) bond motifs is 7. The zero-order valence-corrected chi connectivity index (χ0v) is 50.7. The standard InChI is InChI=1S/C24H27BFNO7S.C18H15BrFNO5S.C12H22B2O4/c1-23(2)24(3,4)34-25(33-23)17-12-16-19(13-18(17)27(5)35(7,29)30)32-21(20(16)22(28)31-6)14-8-10-15(26)11-9-14;1-21(27(3,23)24)14-9-15-12(8-13(14)19)16(18(22)25-2)17(26-15)10-4-6-11(20)7-5-10;1-9(2)11(5)7-8-12(6)10(3,4)16-14(18-12)13(15-9)17-11/h8-13H,1-7H3;4-9H,1-3H3;7-8H2,1-6H3. The van der Waals surface area contributed by atoms with Gasteiger partial charge >= 0.3 is 33.1 Å². The van der Waals surface area contributed by atoms with Gasteiger partial charge in [0.05, 0.1) is 71.7 Å². The van der Waals surface area contributed by atoms with Crippen LogP contribution in [0.25, 0.3) is 44.6 Å². The number of sulfonamides is 2. The van der Waals surface area contributed by atoms with Crippen LogP contribution in [0.5, 0.6) is 0 Å². The quantitative estimate of drug-likeness (QED) is 0.0974. The van der Waals surface area contributed by atoms with Crippen molar-refractivity contribution in [3.63, 3.8) is 0 Å². The van der Waals surface area contributed by atoms with E-state index < -0.39 is 76.0 Å². The average molecular weight is 1210 g/mol. The fourth-order valence-corrected chi connectivity index (χ4v) is 11.3. The number of ether oxygens (including phenoxy) is 2. The number of anilines is 2. The molecule has 4 aromatic carbocycles. The van der Waals surface area contributed by atoms with Crippen LogP contribution in [0.3, 0.4) is 0 Å². The third kappa shape index (κ3) is 11.2. The second kappa shape index (κ2) is 21.2. The van der Waals surface area contributed by atoms with Crippen LogP contribution in [0.2, 0.25) is 0 Å². The van der Waals surface area contributed by atoms with Crippen molar-refractivity contribution in [3.05, 3.63) is 100 Å². The summed E-state index contributed by atoms with van der Waals surface area (Å²) in [6, 6.07) is 17.2. The van der Waals surface area contributed by atoms with Gasteiger partial charge in [-0.25, -0.2) is 35.2 Å². The van der Waals surface area contributed by atoms with Gasteiger partial charge in [0.15, 0.2) is 0 Å². The van der Waals surface area contributed by atoms with E-state index >= 15 is 0 Å². The average Bonchev–Trinajstić information content (AvgIpc) is 4.31. The zero-order valence-electron chi connectivity index (χ0n) is 47.5. The summed E-state index contributed by atoms with van der Waals surface area (Å²) < 4.78 is 137. The first-order valence-electron chi connectivity index (χ1n) is 25.4. The van der Waals surface area contributed by atoms with Crippen molar-refractivity contribution in [2.45, 2.75) is 116 Å². The molecule has 0 N–H and O–H groups in total. The number of esters is 2. The van der Waals surface area contributed by atoms with E-state index in [0.717, 1.165) is 34.0 Å². The number of carbonyl (C=O) groups is 2. The van der Waals surface area contributed by atoms with Gasteiger partial charge in [0, 0.05) is 58.1 Å². The second-order valence-electron chi connectivity index (χ2n) is 22.6. The van der Waals surface area contributed by atoms with Gasteiger partial charge in [0.1, 0.15) is 45.4 Å². The van der Waals surface area contributed by atoms with Crippen molar-refractivity contribution in [2.24, 2.45) is 0 Å². The lowest BCUT2D eigenvalue weighted by atomic mass is 9.49. The number of methoxy groups -OCH3 is 2. The number of benzene rings is 4. The highest BCUT2D eigenvalue weighted by atomic mass is 79.9. The van der Waals surface area contributed by atoms with E-state index in [-0.39, 0.29) is 56.3 Å². The molecule has 0 saturated carbocycles. The molecule has 0 aliphatic carbocycles. The molecule has 6 heterocycles. The van der Waals surface area contributed by atoms with E-state index in [4.69, 9.17) is 46.2 Å². The predicted octanol–water partition coefficient (Wildman–Crippen LogP) is 9.91. The molecule has 4 bridgehead atoms. The lowest BCUT2D eigenvalue weighted by molar-refractivity contribution is -0.0578. The molecule has 0 radical (unpaired) electrons. The Morgan fingerprint density at radius 1 is 0.550 bits per heavy atom. The summed E-state index contributed by atoms with van der Waals surface area (Å²) in [6.07, 6.45) is 3.98. The Morgan fingerprint density at radius 2 is 0.912 bits per heavy atom. The Morgan fingerprint density at radius 3 is 1.29 bits per heavy atom. The van der Waals surface area contributed by atoms with Crippen LogP contribution in [0.15, 0.2) is 86.1 Å². The van der Waals surface area contributed by atoms with Crippen LogP contribution in [-0.2, 0) is 57.4 Å². The number of carbonyl (C=O) groups excluding carboxylic acids is 2. The number of halogens is 3. The summed E-state index contributed by atoms with van der Waals surface area (Å²) in [7, 11) is -3.62. The zero-order chi connectivity index (χ0) is 59.2. The molecule has 4 fully saturated rings. The summed E-state index contributed by atoms with van der Waals surface area (Å²) in [6.45, 7) is 20.1. The van der Waals surface area contributed by atoms with Gasteiger partial charge in [-0.3, -0.25) is 8.61 Å². The first-order valence-corrected chi connectivity index (χ1v) is 29.9. The smallest absolute Gasteiger partial charge is 0.465 e. The monoisotopic (exact) mass is 1210 g/mol. The normalized spacial score (nSPS) is 21.5. The molecule has 18 nitrogen and oxygen atoms in total. The minimum Gasteiger partial charge on any atom is -0.465 e. The van der Waals surface area contributed by atoms with Crippen molar-refractivity contribution < 1.29 is 81.4 Å². The summed E-state index contributed by atoms with van der Waals surface area (Å²) in [5.74, 6) is -1.76. The van der Waals surface area contributed by atoms with Crippen molar-refractivity contribution >= 4 is 108 Å². The highest BCUT2D eigenvalue weighted by Gasteiger charge is 2.68.